The number of fused-ring (bicyclic) bond motifs is 1. The highest BCUT2D eigenvalue weighted by atomic mass is 19.1. The standard InChI is InChI=1S/C13H12F2N2O2/c14-6-1-2-10(15)9(3-6)11(16)5-17-12(18)7-4-8(7)13(17)19/h1-3,7-8,11H,4-5,16H2. The molecular formula is C13H12F2N2O2. The van der Waals surface area contributed by atoms with Gasteiger partial charge >= 0.3 is 0 Å². The number of halogens is 2. The van der Waals surface area contributed by atoms with Crippen LogP contribution in [0.25, 0.3) is 0 Å². The molecule has 3 atom stereocenters. The van der Waals surface area contributed by atoms with Gasteiger partial charge < -0.3 is 5.73 Å². The van der Waals surface area contributed by atoms with E-state index in [2.05, 4.69) is 0 Å². The molecule has 1 heterocycles. The summed E-state index contributed by atoms with van der Waals surface area (Å²) in [5, 5.41) is 0. The van der Waals surface area contributed by atoms with E-state index in [1.807, 2.05) is 0 Å². The lowest BCUT2D eigenvalue weighted by molar-refractivity contribution is -0.141. The van der Waals surface area contributed by atoms with Gasteiger partial charge in [0.15, 0.2) is 0 Å². The molecule has 100 valence electrons. The van der Waals surface area contributed by atoms with E-state index < -0.39 is 17.7 Å². The van der Waals surface area contributed by atoms with Gasteiger partial charge in [0.2, 0.25) is 11.8 Å². The molecule has 0 aromatic heterocycles. The minimum absolute atomic E-state index is 0.0267. The second kappa shape index (κ2) is 4.09. The van der Waals surface area contributed by atoms with Crippen LogP contribution in [0, 0.1) is 23.5 Å². The number of imide groups is 1. The first-order valence-corrected chi connectivity index (χ1v) is 6.05. The van der Waals surface area contributed by atoms with Crippen LogP contribution in [-0.2, 0) is 9.59 Å². The van der Waals surface area contributed by atoms with Crippen molar-refractivity contribution in [2.45, 2.75) is 12.5 Å². The van der Waals surface area contributed by atoms with Crippen molar-refractivity contribution in [3.63, 3.8) is 0 Å². The fraction of sp³-hybridized carbons (Fsp3) is 0.385. The number of rotatable bonds is 3. The quantitative estimate of drug-likeness (QED) is 0.829. The average molecular weight is 266 g/mol. The number of carbonyl (C=O) groups excluding carboxylic acids is 2. The van der Waals surface area contributed by atoms with Gasteiger partial charge in [0.1, 0.15) is 11.6 Å². The summed E-state index contributed by atoms with van der Waals surface area (Å²) < 4.78 is 26.6. The van der Waals surface area contributed by atoms with Crippen LogP contribution in [0.15, 0.2) is 18.2 Å². The number of hydrogen-bond acceptors (Lipinski definition) is 3. The van der Waals surface area contributed by atoms with Gasteiger partial charge in [-0.15, -0.1) is 0 Å². The minimum Gasteiger partial charge on any atom is -0.322 e. The second-order valence-electron chi connectivity index (χ2n) is 5.01. The highest BCUT2D eigenvalue weighted by Crippen LogP contribution is 2.47. The molecule has 6 heteroatoms. The van der Waals surface area contributed by atoms with Crippen molar-refractivity contribution in [1.29, 1.82) is 0 Å². The van der Waals surface area contributed by atoms with Crippen molar-refractivity contribution in [3.05, 3.63) is 35.4 Å². The summed E-state index contributed by atoms with van der Waals surface area (Å²) in [5.74, 6) is -2.16. The maximum Gasteiger partial charge on any atom is 0.233 e. The topological polar surface area (TPSA) is 63.4 Å². The second-order valence-corrected chi connectivity index (χ2v) is 5.01. The van der Waals surface area contributed by atoms with Crippen LogP contribution in [0.5, 0.6) is 0 Å². The smallest absolute Gasteiger partial charge is 0.233 e. The number of amides is 2. The van der Waals surface area contributed by atoms with E-state index in [0.717, 1.165) is 23.1 Å². The molecule has 19 heavy (non-hydrogen) atoms. The summed E-state index contributed by atoms with van der Waals surface area (Å²) in [5.41, 5.74) is 5.75. The maximum atomic E-state index is 13.5. The van der Waals surface area contributed by atoms with Gasteiger partial charge in [-0.3, -0.25) is 14.5 Å². The molecule has 2 fully saturated rings. The molecule has 0 spiro atoms. The van der Waals surface area contributed by atoms with E-state index in [1.54, 1.807) is 0 Å². The van der Waals surface area contributed by atoms with Gasteiger partial charge in [-0.05, 0) is 24.6 Å². The third kappa shape index (κ3) is 1.92. The monoisotopic (exact) mass is 266 g/mol. The van der Waals surface area contributed by atoms with Crippen LogP contribution in [0.2, 0.25) is 0 Å². The lowest BCUT2D eigenvalue weighted by atomic mass is 10.1. The molecule has 3 unspecified atom stereocenters. The molecule has 1 aromatic carbocycles. The predicted octanol–water partition coefficient (Wildman–Crippen LogP) is 0.970. The van der Waals surface area contributed by atoms with Crippen molar-refractivity contribution < 1.29 is 18.4 Å². The van der Waals surface area contributed by atoms with E-state index in [-0.39, 0.29) is 35.8 Å². The summed E-state index contributed by atoms with van der Waals surface area (Å²) >= 11 is 0. The van der Waals surface area contributed by atoms with E-state index in [0.29, 0.717) is 6.42 Å². The molecule has 1 saturated heterocycles. The molecule has 1 saturated carbocycles. The van der Waals surface area contributed by atoms with Crippen molar-refractivity contribution >= 4 is 11.8 Å². The number of carbonyl (C=O) groups is 2. The number of nitrogens with two attached hydrogens (primary N) is 1. The summed E-state index contributed by atoms with van der Waals surface area (Å²) in [6, 6.07) is 2.05. The molecule has 0 bridgehead atoms. The summed E-state index contributed by atoms with van der Waals surface area (Å²) in [7, 11) is 0. The van der Waals surface area contributed by atoms with Crippen LogP contribution in [0.1, 0.15) is 18.0 Å². The molecule has 1 aromatic rings. The van der Waals surface area contributed by atoms with Crippen LogP contribution in [0.3, 0.4) is 0 Å². The Morgan fingerprint density at radius 1 is 1.26 bits per heavy atom. The Kier molecular flexibility index (Phi) is 2.63. The number of nitrogens with zero attached hydrogens (tertiary/aromatic N) is 1. The Bertz CT molecular complexity index is 556. The Balaban J connectivity index is 1.78. The van der Waals surface area contributed by atoms with E-state index >= 15 is 0 Å². The SMILES string of the molecule is NC(CN1C(=O)C2CC2C1=O)c1cc(F)ccc1F. The average Bonchev–Trinajstić information content (AvgIpc) is 3.13. The molecule has 4 nitrogen and oxygen atoms in total. The summed E-state index contributed by atoms with van der Waals surface area (Å²) in [6.07, 6.45) is 0.609. The molecule has 1 aliphatic carbocycles. The largest absolute Gasteiger partial charge is 0.322 e. The van der Waals surface area contributed by atoms with Crippen molar-refractivity contribution in [2.24, 2.45) is 17.6 Å². The summed E-state index contributed by atoms with van der Waals surface area (Å²) in [4.78, 5) is 24.6. The first-order chi connectivity index (χ1) is 8.99. The van der Waals surface area contributed by atoms with Crippen molar-refractivity contribution in [1.82, 2.24) is 4.90 Å². The number of likely N-dealkylation sites (tertiary alicyclic amines) is 1. The third-order valence-electron chi connectivity index (χ3n) is 3.69. The molecule has 2 N–H and O–H groups in total. The van der Waals surface area contributed by atoms with Gasteiger partial charge in [0.05, 0.1) is 17.9 Å². The molecule has 1 aliphatic heterocycles. The molecule has 2 aliphatic rings. The van der Waals surface area contributed by atoms with Crippen LogP contribution in [-0.4, -0.2) is 23.3 Å². The highest BCUT2D eigenvalue weighted by Gasteiger charge is 2.58. The number of piperidine rings is 1. The first kappa shape index (κ1) is 12.2. The maximum absolute atomic E-state index is 13.5. The Hall–Kier alpha value is -1.82. The summed E-state index contributed by atoms with van der Waals surface area (Å²) in [6.45, 7) is -0.106. The predicted molar refractivity (Wildman–Crippen MR) is 61.6 cm³/mol. The number of hydrogen-bond donors (Lipinski definition) is 1. The van der Waals surface area contributed by atoms with E-state index in [4.69, 9.17) is 5.73 Å². The molecular weight excluding hydrogens is 254 g/mol. The fourth-order valence-electron chi connectivity index (χ4n) is 2.52. The van der Waals surface area contributed by atoms with Gasteiger partial charge in [0.25, 0.3) is 0 Å². The van der Waals surface area contributed by atoms with Gasteiger partial charge in [-0.2, -0.15) is 0 Å². The fourth-order valence-corrected chi connectivity index (χ4v) is 2.52. The van der Waals surface area contributed by atoms with Crippen LogP contribution < -0.4 is 5.73 Å². The highest BCUT2D eigenvalue weighted by molar-refractivity contribution is 6.08. The zero-order chi connectivity index (χ0) is 13.7. The lowest BCUT2D eigenvalue weighted by Crippen LogP contribution is -2.38. The van der Waals surface area contributed by atoms with E-state index in [1.165, 1.54) is 0 Å². The van der Waals surface area contributed by atoms with Gasteiger partial charge in [0, 0.05) is 12.1 Å². The normalized spacial score (nSPS) is 26.6. The number of benzene rings is 1. The lowest BCUT2D eigenvalue weighted by Gasteiger charge is -2.21. The molecule has 3 rings (SSSR count). The molecule has 0 radical (unpaired) electrons. The van der Waals surface area contributed by atoms with E-state index in [9.17, 15) is 18.4 Å². The Morgan fingerprint density at radius 2 is 1.89 bits per heavy atom. The minimum atomic E-state index is -0.916. The zero-order valence-electron chi connectivity index (χ0n) is 9.98. The Labute approximate surface area is 108 Å². The van der Waals surface area contributed by atoms with Crippen molar-refractivity contribution in [2.75, 3.05) is 6.54 Å². The van der Waals surface area contributed by atoms with Gasteiger partial charge in [-0.25, -0.2) is 8.78 Å². The van der Waals surface area contributed by atoms with Crippen molar-refractivity contribution in [3.8, 4) is 0 Å². The molecule has 2 amide bonds. The van der Waals surface area contributed by atoms with Crippen LogP contribution in [0.4, 0.5) is 8.78 Å². The zero-order valence-corrected chi connectivity index (χ0v) is 9.98. The van der Waals surface area contributed by atoms with Crippen LogP contribution >= 0.6 is 0 Å². The Morgan fingerprint density at radius 3 is 2.53 bits per heavy atom. The van der Waals surface area contributed by atoms with Gasteiger partial charge in [-0.1, -0.05) is 0 Å². The first-order valence-electron chi connectivity index (χ1n) is 6.05. The third-order valence-corrected chi connectivity index (χ3v) is 3.69.